The number of piperidine rings is 1. The Labute approximate surface area is 198 Å². The SMILES string of the molecule is [2H][C@]1(N2Cc3c(OCc4cccc(CN5CCOCC5)c4F)cccc3C2=O)CCC(=O)NC1=O. The molecular weight excluding hydrogens is 441 g/mol. The van der Waals surface area contributed by atoms with Crippen molar-refractivity contribution in [2.45, 2.75) is 38.6 Å². The molecule has 8 nitrogen and oxygen atoms in total. The van der Waals surface area contributed by atoms with Crippen LogP contribution in [-0.4, -0.2) is 59.8 Å². The average Bonchev–Trinajstić information content (AvgIpc) is 3.21. The minimum absolute atomic E-state index is 0.00496. The van der Waals surface area contributed by atoms with E-state index in [1.807, 2.05) is 0 Å². The minimum Gasteiger partial charge on any atom is -0.488 e. The smallest absolute Gasteiger partial charge is 0.255 e. The Kier molecular flexibility index (Phi) is 5.95. The molecule has 3 heterocycles. The Morgan fingerprint density at radius 3 is 2.68 bits per heavy atom. The molecule has 2 saturated heterocycles. The number of fused-ring (bicyclic) bond motifs is 1. The van der Waals surface area contributed by atoms with Gasteiger partial charge in [-0.3, -0.25) is 24.6 Å². The molecule has 3 aliphatic heterocycles. The summed E-state index contributed by atoms with van der Waals surface area (Å²) in [5, 5.41) is 2.15. The maximum Gasteiger partial charge on any atom is 0.255 e. The van der Waals surface area contributed by atoms with E-state index in [2.05, 4.69) is 10.2 Å². The van der Waals surface area contributed by atoms with Gasteiger partial charge in [-0.2, -0.15) is 0 Å². The summed E-state index contributed by atoms with van der Waals surface area (Å²) < 4.78 is 35.1. The first-order valence-corrected chi connectivity index (χ1v) is 11.3. The molecule has 0 aromatic heterocycles. The summed E-state index contributed by atoms with van der Waals surface area (Å²) in [6, 6.07) is 8.31. The Morgan fingerprint density at radius 2 is 1.88 bits per heavy atom. The number of hydrogen-bond acceptors (Lipinski definition) is 6. The highest BCUT2D eigenvalue weighted by atomic mass is 19.1. The van der Waals surface area contributed by atoms with Crippen molar-refractivity contribution in [1.29, 1.82) is 0 Å². The maximum absolute atomic E-state index is 15.2. The second-order valence-corrected chi connectivity index (χ2v) is 8.56. The third-order valence-electron chi connectivity index (χ3n) is 6.39. The summed E-state index contributed by atoms with van der Waals surface area (Å²) in [6.07, 6.45) is -0.0898. The van der Waals surface area contributed by atoms with Gasteiger partial charge in [-0.25, -0.2) is 4.39 Å². The van der Waals surface area contributed by atoms with Crippen LogP contribution in [0.2, 0.25) is 0 Å². The molecule has 0 aliphatic carbocycles. The van der Waals surface area contributed by atoms with Crippen molar-refractivity contribution < 1.29 is 29.6 Å². The molecule has 2 fully saturated rings. The highest BCUT2D eigenvalue weighted by Gasteiger charge is 2.40. The lowest BCUT2D eigenvalue weighted by Crippen LogP contribution is -2.52. The molecule has 1 N–H and O–H groups in total. The van der Waals surface area contributed by atoms with Gasteiger partial charge >= 0.3 is 0 Å². The van der Waals surface area contributed by atoms with Crippen LogP contribution in [0, 0.1) is 5.82 Å². The predicted molar refractivity (Wildman–Crippen MR) is 119 cm³/mol. The van der Waals surface area contributed by atoms with Crippen molar-refractivity contribution in [3.05, 3.63) is 64.5 Å². The highest BCUT2D eigenvalue weighted by Crippen LogP contribution is 2.34. The number of ether oxygens (including phenoxy) is 2. The van der Waals surface area contributed by atoms with Gasteiger partial charge in [0.25, 0.3) is 5.91 Å². The molecule has 34 heavy (non-hydrogen) atoms. The van der Waals surface area contributed by atoms with E-state index in [1.165, 1.54) is 0 Å². The summed E-state index contributed by atoms with van der Waals surface area (Å²) in [4.78, 5) is 40.3. The summed E-state index contributed by atoms with van der Waals surface area (Å²) in [6.45, 7) is 3.23. The first-order chi connectivity index (χ1) is 16.9. The maximum atomic E-state index is 15.2. The van der Waals surface area contributed by atoms with E-state index in [1.54, 1.807) is 36.4 Å². The number of halogens is 1. The molecule has 2 aromatic rings. The van der Waals surface area contributed by atoms with E-state index < -0.39 is 23.7 Å². The molecule has 3 aliphatic rings. The molecule has 2 aromatic carbocycles. The summed E-state index contributed by atoms with van der Waals surface area (Å²) in [5.41, 5.74) is 1.86. The molecule has 0 bridgehead atoms. The van der Waals surface area contributed by atoms with Crippen LogP contribution < -0.4 is 10.1 Å². The normalized spacial score (nSPS) is 23.5. The number of amides is 3. The van der Waals surface area contributed by atoms with E-state index in [0.717, 1.165) is 18.0 Å². The molecular formula is C25H26FN3O5. The van der Waals surface area contributed by atoms with Crippen molar-refractivity contribution in [3.8, 4) is 5.75 Å². The quantitative estimate of drug-likeness (QED) is 0.653. The van der Waals surface area contributed by atoms with Crippen LogP contribution in [0.25, 0.3) is 0 Å². The molecule has 5 rings (SSSR count). The van der Waals surface area contributed by atoms with Crippen LogP contribution >= 0.6 is 0 Å². The fourth-order valence-corrected chi connectivity index (χ4v) is 4.54. The van der Waals surface area contributed by atoms with Gasteiger partial charge in [0, 0.05) is 48.3 Å². The standard InChI is InChI=1S/C25H26FN3O5/c26-23-16(13-28-9-11-33-12-10-28)3-1-4-17(23)15-34-21-6-2-5-18-19(21)14-29(25(18)32)20-7-8-22(30)27-24(20)31/h1-6,20H,7-15H2,(H,27,30,31)/t20-/m0/s1/i20D. The number of nitrogens with one attached hydrogen (secondary N) is 1. The number of rotatable bonds is 6. The van der Waals surface area contributed by atoms with E-state index in [9.17, 15) is 14.4 Å². The molecule has 0 spiro atoms. The first-order valence-electron chi connectivity index (χ1n) is 11.8. The van der Waals surface area contributed by atoms with Gasteiger partial charge in [0.15, 0.2) is 0 Å². The molecule has 178 valence electrons. The van der Waals surface area contributed by atoms with Crippen LogP contribution in [0.15, 0.2) is 36.4 Å². The third kappa shape index (κ3) is 4.41. The molecule has 3 amide bonds. The van der Waals surface area contributed by atoms with Crippen molar-refractivity contribution >= 4 is 17.7 Å². The molecule has 0 radical (unpaired) electrons. The van der Waals surface area contributed by atoms with Gasteiger partial charge in [0.05, 0.1) is 21.1 Å². The summed E-state index contributed by atoms with van der Waals surface area (Å²) >= 11 is 0. The molecule has 0 unspecified atom stereocenters. The van der Waals surface area contributed by atoms with Gasteiger partial charge in [0.2, 0.25) is 11.8 Å². The monoisotopic (exact) mass is 468 g/mol. The van der Waals surface area contributed by atoms with E-state index in [4.69, 9.17) is 10.8 Å². The molecule has 9 heteroatoms. The zero-order valence-electron chi connectivity index (χ0n) is 19.6. The lowest BCUT2D eigenvalue weighted by molar-refractivity contribution is -0.136. The third-order valence-corrected chi connectivity index (χ3v) is 6.39. The van der Waals surface area contributed by atoms with Crippen molar-refractivity contribution in [2.75, 3.05) is 26.3 Å². The number of carbonyl (C=O) groups is 3. The minimum atomic E-state index is -1.87. The summed E-state index contributed by atoms with van der Waals surface area (Å²) in [7, 11) is 0. The van der Waals surface area contributed by atoms with Gasteiger partial charge in [-0.1, -0.05) is 24.3 Å². The lowest BCUT2D eigenvalue weighted by Gasteiger charge is -2.29. The topological polar surface area (TPSA) is 88.2 Å². The summed E-state index contributed by atoms with van der Waals surface area (Å²) in [5.74, 6) is -1.66. The molecule has 0 saturated carbocycles. The van der Waals surface area contributed by atoms with E-state index >= 15 is 4.39 Å². The zero-order valence-corrected chi connectivity index (χ0v) is 18.6. The number of imide groups is 1. The van der Waals surface area contributed by atoms with Crippen LogP contribution in [0.4, 0.5) is 4.39 Å². The zero-order chi connectivity index (χ0) is 24.6. The number of benzene rings is 2. The van der Waals surface area contributed by atoms with Gasteiger partial charge in [-0.15, -0.1) is 0 Å². The largest absolute Gasteiger partial charge is 0.488 e. The Balaban J connectivity index is 1.32. The second-order valence-electron chi connectivity index (χ2n) is 8.56. The van der Waals surface area contributed by atoms with Gasteiger partial charge in [0.1, 0.15) is 24.2 Å². The van der Waals surface area contributed by atoms with Crippen LogP contribution in [0.1, 0.15) is 41.3 Å². The van der Waals surface area contributed by atoms with Crippen LogP contribution in [0.3, 0.4) is 0 Å². The van der Waals surface area contributed by atoms with Gasteiger partial charge < -0.3 is 14.4 Å². The van der Waals surface area contributed by atoms with E-state index in [-0.39, 0.29) is 31.8 Å². The molecule has 1 atom stereocenters. The number of morpholine rings is 1. The second kappa shape index (κ2) is 9.52. The van der Waals surface area contributed by atoms with Gasteiger partial charge in [-0.05, 0) is 18.6 Å². The Morgan fingerprint density at radius 1 is 1.12 bits per heavy atom. The van der Waals surface area contributed by atoms with E-state index in [0.29, 0.717) is 47.8 Å². The van der Waals surface area contributed by atoms with Crippen molar-refractivity contribution in [1.82, 2.24) is 15.1 Å². The number of hydrogen-bond donors (Lipinski definition) is 1. The number of carbonyl (C=O) groups excluding carboxylic acids is 3. The Bertz CT molecular complexity index is 1190. The van der Waals surface area contributed by atoms with Crippen molar-refractivity contribution in [3.63, 3.8) is 0 Å². The fraction of sp³-hybridized carbons (Fsp3) is 0.400. The van der Waals surface area contributed by atoms with Crippen molar-refractivity contribution in [2.24, 2.45) is 0 Å². The first kappa shape index (κ1) is 21.2. The predicted octanol–water partition coefficient (Wildman–Crippen LogP) is 2.00. The van der Waals surface area contributed by atoms with Crippen LogP contribution in [-0.2, 0) is 34.0 Å². The fourth-order valence-electron chi connectivity index (χ4n) is 4.54. The average molecular weight is 469 g/mol. The van der Waals surface area contributed by atoms with Crippen LogP contribution in [0.5, 0.6) is 5.75 Å². The number of nitrogens with zero attached hydrogens (tertiary/aromatic N) is 2. The Hall–Kier alpha value is -3.30. The lowest BCUT2D eigenvalue weighted by atomic mass is 10.0. The highest BCUT2D eigenvalue weighted by molar-refractivity contribution is 6.05.